The van der Waals surface area contributed by atoms with Crippen LogP contribution in [0.1, 0.15) is 44.9 Å². The van der Waals surface area contributed by atoms with Crippen molar-refractivity contribution >= 4 is 17.7 Å². The number of hydrogen-bond acceptors (Lipinski definition) is 4. The van der Waals surface area contributed by atoms with Crippen molar-refractivity contribution < 1.29 is 4.74 Å². The van der Waals surface area contributed by atoms with Crippen molar-refractivity contribution in [1.29, 1.82) is 0 Å². The normalized spacial score (nSPS) is 29.1. The van der Waals surface area contributed by atoms with Gasteiger partial charge in [0.15, 0.2) is 5.96 Å². The molecule has 138 valence electrons. The van der Waals surface area contributed by atoms with Crippen LogP contribution in [0.3, 0.4) is 0 Å². The lowest BCUT2D eigenvalue weighted by Gasteiger charge is -2.36. The number of rotatable bonds is 5. The predicted octanol–water partition coefficient (Wildman–Crippen LogP) is 2.08. The first-order valence-corrected chi connectivity index (χ1v) is 10.8. The minimum Gasteiger partial charge on any atom is -0.381 e. The van der Waals surface area contributed by atoms with E-state index in [1.807, 2.05) is 18.8 Å². The highest BCUT2D eigenvalue weighted by molar-refractivity contribution is 8.00. The van der Waals surface area contributed by atoms with Crippen molar-refractivity contribution in [1.82, 2.24) is 15.5 Å². The van der Waals surface area contributed by atoms with Gasteiger partial charge in [-0.2, -0.15) is 11.8 Å². The molecule has 0 aromatic carbocycles. The molecular formula is C18H34N4OS. The predicted molar refractivity (Wildman–Crippen MR) is 103 cm³/mol. The molecule has 2 heterocycles. The van der Waals surface area contributed by atoms with Crippen LogP contribution in [0.4, 0.5) is 0 Å². The summed E-state index contributed by atoms with van der Waals surface area (Å²) in [5.74, 6) is 0.966. The highest BCUT2D eigenvalue weighted by Gasteiger charge is 2.33. The molecule has 0 spiro atoms. The average Bonchev–Trinajstić information content (AvgIpc) is 3.30. The van der Waals surface area contributed by atoms with Gasteiger partial charge in [0.2, 0.25) is 0 Å². The topological polar surface area (TPSA) is 48.9 Å². The summed E-state index contributed by atoms with van der Waals surface area (Å²) in [5, 5.41) is 7.24. The number of nitrogens with one attached hydrogen (secondary N) is 2. The highest BCUT2D eigenvalue weighted by atomic mass is 32.2. The van der Waals surface area contributed by atoms with Gasteiger partial charge in [-0.3, -0.25) is 9.89 Å². The van der Waals surface area contributed by atoms with Crippen LogP contribution in [0, 0.1) is 0 Å². The van der Waals surface area contributed by atoms with E-state index in [4.69, 9.17) is 4.74 Å². The van der Waals surface area contributed by atoms with Gasteiger partial charge in [0.25, 0.3) is 0 Å². The van der Waals surface area contributed by atoms with E-state index in [0.29, 0.717) is 10.8 Å². The van der Waals surface area contributed by atoms with E-state index >= 15 is 0 Å². The molecule has 0 radical (unpaired) electrons. The van der Waals surface area contributed by atoms with Gasteiger partial charge in [0.1, 0.15) is 0 Å². The number of hydrogen-bond donors (Lipinski definition) is 2. The summed E-state index contributed by atoms with van der Waals surface area (Å²) >= 11 is 1.97. The van der Waals surface area contributed by atoms with Crippen LogP contribution in [0.2, 0.25) is 0 Å². The maximum absolute atomic E-state index is 5.54. The Morgan fingerprint density at radius 1 is 1.25 bits per heavy atom. The fourth-order valence-electron chi connectivity index (χ4n) is 4.34. The Kier molecular flexibility index (Phi) is 6.70. The van der Waals surface area contributed by atoms with Gasteiger partial charge in [-0.15, -0.1) is 0 Å². The Hall–Kier alpha value is -0.460. The minimum absolute atomic E-state index is 0.293. The van der Waals surface area contributed by atoms with Crippen LogP contribution >= 0.6 is 11.8 Å². The Bertz CT molecular complexity index is 419. The smallest absolute Gasteiger partial charge is 0.191 e. The van der Waals surface area contributed by atoms with Gasteiger partial charge < -0.3 is 15.4 Å². The van der Waals surface area contributed by atoms with Gasteiger partial charge >= 0.3 is 0 Å². The molecule has 0 aromatic heterocycles. The Morgan fingerprint density at radius 2 is 2.00 bits per heavy atom. The molecule has 0 amide bonds. The lowest BCUT2D eigenvalue weighted by Crippen LogP contribution is -2.50. The van der Waals surface area contributed by atoms with Gasteiger partial charge in [-0.1, -0.05) is 12.8 Å². The van der Waals surface area contributed by atoms with Crippen molar-refractivity contribution in [3.8, 4) is 0 Å². The second kappa shape index (κ2) is 8.77. The molecule has 1 atom stereocenters. The van der Waals surface area contributed by atoms with E-state index in [2.05, 4.69) is 26.8 Å². The van der Waals surface area contributed by atoms with E-state index in [1.54, 1.807) is 0 Å². The van der Waals surface area contributed by atoms with Gasteiger partial charge in [0, 0.05) is 56.7 Å². The van der Waals surface area contributed by atoms with E-state index in [9.17, 15) is 0 Å². The van der Waals surface area contributed by atoms with Crippen LogP contribution in [0.15, 0.2) is 4.99 Å². The van der Waals surface area contributed by atoms with Gasteiger partial charge in [-0.05, 0) is 38.4 Å². The fourth-order valence-corrected chi connectivity index (χ4v) is 5.13. The summed E-state index contributed by atoms with van der Waals surface area (Å²) in [6, 6.07) is 1.38. The monoisotopic (exact) mass is 354 g/mol. The van der Waals surface area contributed by atoms with Crippen molar-refractivity contribution in [2.75, 3.05) is 46.2 Å². The highest BCUT2D eigenvalue weighted by Crippen LogP contribution is 2.33. The zero-order valence-electron chi connectivity index (χ0n) is 15.4. The van der Waals surface area contributed by atoms with E-state index in [-0.39, 0.29) is 0 Å². The number of ether oxygens (including phenoxy) is 1. The van der Waals surface area contributed by atoms with Crippen molar-refractivity contribution in [3.63, 3.8) is 0 Å². The van der Waals surface area contributed by atoms with Crippen molar-refractivity contribution in [2.24, 2.45) is 4.99 Å². The summed E-state index contributed by atoms with van der Waals surface area (Å²) in [4.78, 5) is 7.15. The molecule has 0 aromatic rings. The molecule has 1 aliphatic carbocycles. The van der Waals surface area contributed by atoms with E-state index in [0.717, 1.165) is 44.6 Å². The molecule has 5 nitrogen and oxygen atoms in total. The molecule has 0 bridgehead atoms. The summed E-state index contributed by atoms with van der Waals surface area (Å²) in [5.41, 5.74) is 0. The molecule has 1 saturated carbocycles. The third kappa shape index (κ3) is 4.58. The zero-order valence-corrected chi connectivity index (χ0v) is 16.2. The quantitative estimate of drug-likeness (QED) is 0.585. The van der Waals surface area contributed by atoms with Crippen LogP contribution in [0.5, 0.6) is 0 Å². The number of aliphatic imine (C=N–C) groups is 1. The first-order valence-electron chi connectivity index (χ1n) is 9.59. The number of thioether (sulfide) groups is 1. The molecule has 3 fully saturated rings. The maximum Gasteiger partial charge on any atom is 0.191 e. The summed E-state index contributed by atoms with van der Waals surface area (Å²) in [6.45, 7) is 5.15. The third-order valence-corrected chi connectivity index (χ3v) is 7.46. The first-order chi connectivity index (χ1) is 11.7. The maximum atomic E-state index is 5.54. The number of likely N-dealkylation sites (tertiary alicyclic amines) is 1. The van der Waals surface area contributed by atoms with Crippen LogP contribution < -0.4 is 10.6 Å². The molecule has 2 N–H and O–H groups in total. The summed E-state index contributed by atoms with van der Waals surface area (Å²) < 4.78 is 5.83. The first kappa shape index (κ1) is 18.3. The van der Waals surface area contributed by atoms with Crippen LogP contribution in [0.25, 0.3) is 0 Å². The standard InChI is InChI=1S/C18H34N4OS/c1-19-17(20-14-18(24-2)8-11-23-12-9-18)21-15-7-10-22(13-15)16-5-3-4-6-16/h15-16H,3-14H2,1-2H3,(H2,19,20,21). The van der Waals surface area contributed by atoms with Crippen LogP contribution in [-0.2, 0) is 4.74 Å². The Balaban J connectivity index is 1.45. The van der Waals surface area contributed by atoms with E-state index in [1.165, 1.54) is 45.2 Å². The third-order valence-electron chi connectivity index (χ3n) is 6.04. The Morgan fingerprint density at radius 3 is 2.67 bits per heavy atom. The SMILES string of the molecule is CN=C(NCC1(SC)CCOCC1)NC1CCN(C2CCCC2)C1. The van der Waals surface area contributed by atoms with Gasteiger partial charge in [-0.25, -0.2) is 0 Å². The second-order valence-electron chi connectivity index (χ2n) is 7.49. The number of nitrogens with zero attached hydrogens (tertiary/aromatic N) is 2. The van der Waals surface area contributed by atoms with Crippen molar-refractivity contribution in [2.45, 2.75) is 61.8 Å². The van der Waals surface area contributed by atoms with Gasteiger partial charge in [0.05, 0.1) is 0 Å². The molecule has 3 aliphatic rings. The molecule has 6 heteroatoms. The second-order valence-corrected chi connectivity index (χ2v) is 8.76. The minimum atomic E-state index is 0.293. The van der Waals surface area contributed by atoms with E-state index < -0.39 is 0 Å². The van der Waals surface area contributed by atoms with Crippen LogP contribution in [-0.4, -0.2) is 73.8 Å². The summed E-state index contributed by atoms with van der Waals surface area (Å²) in [6.07, 6.45) is 11.3. The zero-order chi connectivity index (χ0) is 16.8. The molecule has 3 rings (SSSR count). The molecule has 2 saturated heterocycles. The van der Waals surface area contributed by atoms with Crippen molar-refractivity contribution in [3.05, 3.63) is 0 Å². The molecular weight excluding hydrogens is 320 g/mol. The molecule has 24 heavy (non-hydrogen) atoms. The fraction of sp³-hybridized carbons (Fsp3) is 0.944. The Labute approximate surface area is 151 Å². The lowest BCUT2D eigenvalue weighted by molar-refractivity contribution is 0.0782. The molecule has 1 unspecified atom stereocenters. The average molecular weight is 355 g/mol. The molecule has 2 aliphatic heterocycles. The summed E-state index contributed by atoms with van der Waals surface area (Å²) in [7, 11) is 1.88. The number of guanidine groups is 1. The largest absolute Gasteiger partial charge is 0.381 e. The lowest BCUT2D eigenvalue weighted by atomic mass is 9.99.